The van der Waals surface area contributed by atoms with Crippen molar-refractivity contribution >= 4 is 56.5 Å². The monoisotopic (exact) mass is 689 g/mol. The van der Waals surface area contributed by atoms with Crippen LogP contribution in [0, 0.1) is 3.57 Å². The van der Waals surface area contributed by atoms with Crippen molar-refractivity contribution in [3.05, 3.63) is 87.5 Å². The summed E-state index contributed by atoms with van der Waals surface area (Å²) < 4.78 is 11.0. The Balaban J connectivity index is 1.28. The van der Waals surface area contributed by atoms with Crippen LogP contribution in [0.2, 0.25) is 0 Å². The predicted octanol–water partition coefficient (Wildman–Crippen LogP) is 6.98. The van der Waals surface area contributed by atoms with Crippen LogP contribution in [-0.2, 0) is 18.3 Å². The summed E-state index contributed by atoms with van der Waals surface area (Å²) in [6, 6.07) is 24.8. The Kier molecular flexibility index (Phi) is 7.93. The third-order valence-electron chi connectivity index (χ3n) is 7.85. The molecule has 0 saturated carbocycles. The average molecular weight is 690 g/mol. The fourth-order valence-corrected chi connectivity index (χ4v) is 6.20. The van der Waals surface area contributed by atoms with Gasteiger partial charge in [0, 0.05) is 52.8 Å². The minimum absolute atomic E-state index is 0.0578. The molecule has 3 aromatic carbocycles. The molecule has 0 unspecified atom stereocenters. The number of aryl methyl sites for hydroxylation is 1. The van der Waals surface area contributed by atoms with Crippen molar-refractivity contribution in [1.29, 1.82) is 0 Å². The number of piperidine rings is 1. The van der Waals surface area contributed by atoms with Crippen molar-refractivity contribution in [2.75, 3.05) is 13.1 Å². The van der Waals surface area contributed by atoms with E-state index in [1.165, 1.54) is 9.13 Å². The van der Waals surface area contributed by atoms with Crippen molar-refractivity contribution in [1.82, 2.24) is 24.3 Å². The number of aromatic nitrogens is 3. The van der Waals surface area contributed by atoms with E-state index in [-0.39, 0.29) is 11.9 Å². The molecule has 3 heterocycles. The highest BCUT2D eigenvalue weighted by atomic mass is 127. The molecule has 1 saturated heterocycles. The minimum atomic E-state index is -0.569. The second-order valence-corrected chi connectivity index (χ2v) is 13.5. The Morgan fingerprint density at radius 3 is 2.56 bits per heavy atom. The Bertz CT molecular complexity index is 1820. The number of para-hydroxylation sites is 1. The number of amides is 2. The first kappa shape index (κ1) is 29.2. The molecular weight excluding hydrogens is 653 g/mol. The van der Waals surface area contributed by atoms with Gasteiger partial charge in [0.2, 0.25) is 0 Å². The molecule has 0 bridgehead atoms. The fraction of sp³-hybridized carbons (Fsp3) is 0.324. The van der Waals surface area contributed by atoms with Crippen LogP contribution in [0.15, 0.2) is 72.8 Å². The number of hydrogen-bond donors (Lipinski definition) is 1. The van der Waals surface area contributed by atoms with Crippen molar-refractivity contribution in [2.24, 2.45) is 7.05 Å². The number of nitrogens with one attached hydrogen (secondary N) is 1. The predicted molar refractivity (Wildman–Crippen MR) is 178 cm³/mol. The number of carbonyl (C=O) groups excluding carboxylic acids is 2. The van der Waals surface area contributed by atoms with Gasteiger partial charge in [-0.05, 0) is 104 Å². The second kappa shape index (κ2) is 11.7. The molecule has 0 radical (unpaired) electrons. The zero-order valence-electron chi connectivity index (χ0n) is 24.9. The van der Waals surface area contributed by atoms with E-state index in [1.54, 1.807) is 0 Å². The Labute approximate surface area is 265 Å². The summed E-state index contributed by atoms with van der Waals surface area (Å²) in [6.45, 7) is 7.33. The lowest BCUT2D eigenvalue weighted by Crippen LogP contribution is -2.50. The topological polar surface area (TPSA) is 81.4 Å². The van der Waals surface area contributed by atoms with E-state index >= 15 is 0 Å². The summed E-state index contributed by atoms with van der Waals surface area (Å²) in [5, 5.41) is 4.09. The number of halogens is 1. The maximum atomic E-state index is 13.6. The van der Waals surface area contributed by atoms with Crippen LogP contribution in [-0.4, -0.2) is 55.8 Å². The van der Waals surface area contributed by atoms with Gasteiger partial charge in [-0.1, -0.05) is 30.3 Å². The first-order valence-corrected chi connectivity index (χ1v) is 15.7. The maximum Gasteiger partial charge on any atom is 0.407 e. The second-order valence-electron chi connectivity index (χ2n) is 12.2. The smallest absolute Gasteiger partial charge is 0.407 e. The summed E-state index contributed by atoms with van der Waals surface area (Å²) in [5.74, 6) is 0.790. The first-order chi connectivity index (χ1) is 20.6. The van der Waals surface area contributed by atoms with E-state index in [9.17, 15) is 9.59 Å². The molecule has 1 aliphatic heterocycles. The van der Waals surface area contributed by atoms with Crippen LogP contribution < -0.4 is 5.32 Å². The third-order valence-corrected chi connectivity index (χ3v) is 8.57. The van der Waals surface area contributed by atoms with Crippen LogP contribution >= 0.6 is 22.6 Å². The third kappa shape index (κ3) is 6.27. The summed E-state index contributed by atoms with van der Waals surface area (Å²) in [6.07, 6.45) is 1.17. The zero-order chi connectivity index (χ0) is 30.3. The number of fused-ring (bicyclic) bond motifs is 2. The molecule has 1 aliphatic rings. The SMILES string of the molecule is Cn1c(-c2cc3ccccc3n2Cc2ccc(I)cc2)nc2cc(C(=O)N3CCC[C@@H](NC(=O)OC(C)(C)C)C3)ccc21. The van der Waals surface area contributed by atoms with Gasteiger partial charge in [-0.15, -0.1) is 0 Å². The van der Waals surface area contributed by atoms with Crippen molar-refractivity contribution in [3.63, 3.8) is 0 Å². The number of alkyl carbamates (subject to hydrolysis) is 1. The molecule has 9 heteroatoms. The number of imidazole rings is 1. The number of likely N-dealkylation sites (tertiary alicyclic amines) is 1. The van der Waals surface area contributed by atoms with E-state index in [1.807, 2.05) is 50.9 Å². The number of carbonyl (C=O) groups is 2. The number of benzene rings is 3. The molecule has 0 aliphatic carbocycles. The van der Waals surface area contributed by atoms with Crippen LogP contribution in [0.5, 0.6) is 0 Å². The molecule has 2 amide bonds. The van der Waals surface area contributed by atoms with Crippen molar-refractivity contribution in [2.45, 2.75) is 51.8 Å². The molecule has 222 valence electrons. The van der Waals surface area contributed by atoms with Gasteiger partial charge in [0.05, 0.1) is 16.7 Å². The normalized spacial score (nSPS) is 15.7. The van der Waals surface area contributed by atoms with Crippen molar-refractivity contribution < 1.29 is 14.3 Å². The molecule has 1 atom stereocenters. The lowest BCUT2D eigenvalue weighted by Gasteiger charge is -2.33. The lowest BCUT2D eigenvalue weighted by molar-refractivity contribution is 0.0452. The van der Waals surface area contributed by atoms with Gasteiger partial charge >= 0.3 is 6.09 Å². The van der Waals surface area contributed by atoms with E-state index in [0.717, 1.165) is 52.8 Å². The molecule has 5 aromatic rings. The van der Waals surface area contributed by atoms with Gasteiger partial charge < -0.3 is 24.1 Å². The average Bonchev–Trinajstić information content (AvgIpc) is 3.49. The fourth-order valence-electron chi connectivity index (χ4n) is 5.84. The highest BCUT2D eigenvalue weighted by Crippen LogP contribution is 2.31. The summed E-state index contributed by atoms with van der Waals surface area (Å²) in [5.41, 5.74) is 5.15. The Morgan fingerprint density at radius 2 is 1.79 bits per heavy atom. The van der Waals surface area contributed by atoms with Gasteiger partial charge in [0.25, 0.3) is 5.91 Å². The largest absolute Gasteiger partial charge is 0.444 e. The molecule has 2 aromatic heterocycles. The molecule has 0 spiro atoms. The van der Waals surface area contributed by atoms with E-state index in [2.05, 4.69) is 91.6 Å². The van der Waals surface area contributed by atoms with Gasteiger partial charge in [0.1, 0.15) is 5.60 Å². The van der Waals surface area contributed by atoms with Gasteiger partial charge in [-0.25, -0.2) is 9.78 Å². The zero-order valence-corrected chi connectivity index (χ0v) is 27.1. The van der Waals surface area contributed by atoms with Crippen LogP contribution in [0.1, 0.15) is 49.5 Å². The van der Waals surface area contributed by atoms with Crippen molar-refractivity contribution in [3.8, 4) is 11.5 Å². The van der Waals surface area contributed by atoms with Gasteiger partial charge in [-0.2, -0.15) is 0 Å². The minimum Gasteiger partial charge on any atom is -0.444 e. The van der Waals surface area contributed by atoms with E-state index in [0.29, 0.717) is 18.7 Å². The molecule has 43 heavy (non-hydrogen) atoms. The molecule has 1 fully saturated rings. The van der Waals surface area contributed by atoms with Gasteiger partial charge in [0.15, 0.2) is 5.82 Å². The molecule has 8 nitrogen and oxygen atoms in total. The Hall–Kier alpha value is -3.86. The quantitative estimate of drug-likeness (QED) is 0.202. The number of rotatable bonds is 5. The standard InChI is InChI=1S/C34H36IN5O3/c1-34(2,3)43-33(42)36-26-9-7-17-39(21-26)32(41)24-13-16-29-27(18-24)37-31(38(29)4)30-19-23-8-5-6-10-28(23)40(30)20-22-11-14-25(35)15-12-22/h5-6,8,10-16,18-19,26H,7,9,17,20-21H2,1-4H3,(H,36,42)/t26-/m1/s1. The first-order valence-electron chi connectivity index (χ1n) is 14.6. The Morgan fingerprint density at radius 1 is 1.02 bits per heavy atom. The molecule has 6 rings (SSSR count). The van der Waals surface area contributed by atoms with E-state index in [4.69, 9.17) is 9.72 Å². The summed E-state index contributed by atoms with van der Waals surface area (Å²) in [4.78, 5) is 32.8. The van der Waals surface area contributed by atoms with Gasteiger partial charge in [-0.3, -0.25) is 4.79 Å². The van der Waals surface area contributed by atoms with E-state index < -0.39 is 11.7 Å². The molecule has 1 N–H and O–H groups in total. The van der Waals surface area contributed by atoms with Crippen LogP contribution in [0.3, 0.4) is 0 Å². The molecular formula is C34H36IN5O3. The van der Waals surface area contributed by atoms with Crippen LogP contribution in [0.25, 0.3) is 33.5 Å². The highest BCUT2D eigenvalue weighted by Gasteiger charge is 2.28. The lowest BCUT2D eigenvalue weighted by atomic mass is 10.0. The maximum absolute atomic E-state index is 13.6. The summed E-state index contributed by atoms with van der Waals surface area (Å²) in [7, 11) is 2.02. The highest BCUT2D eigenvalue weighted by molar-refractivity contribution is 14.1. The number of hydrogen-bond acceptors (Lipinski definition) is 4. The summed E-state index contributed by atoms with van der Waals surface area (Å²) >= 11 is 2.33. The number of ether oxygens (including phenoxy) is 1. The number of nitrogens with zero attached hydrogens (tertiary/aromatic N) is 4. The van der Waals surface area contributed by atoms with Crippen LogP contribution in [0.4, 0.5) is 4.79 Å².